The van der Waals surface area contributed by atoms with Crippen LogP contribution in [0.4, 0.5) is 4.79 Å². The molecule has 0 saturated heterocycles. The average Bonchev–Trinajstić information content (AvgIpc) is 2.10. The largest absolute Gasteiger partial charge is 0.350 e. The summed E-state index contributed by atoms with van der Waals surface area (Å²) in [6, 6.07) is 4.56. The molecule has 0 heterocycles. The number of carbonyl (C=O) groups excluding carboxylic acids is 1. The molecular formula is C8H7BrClN3O. The van der Waals surface area contributed by atoms with Gasteiger partial charge in [-0.1, -0.05) is 17.7 Å². The van der Waals surface area contributed by atoms with Crippen LogP contribution in [0.3, 0.4) is 0 Å². The Labute approximate surface area is 94.2 Å². The van der Waals surface area contributed by atoms with E-state index in [9.17, 15) is 4.79 Å². The zero-order valence-corrected chi connectivity index (χ0v) is 9.34. The minimum atomic E-state index is -0.700. The SMILES string of the molecule is NC(=O)NN=Cc1ccc(Cl)c(Br)c1. The number of benzene rings is 1. The van der Waals surface area contributed by atoms with Crippen molar-refractivity contribution < 1.29 is 4.79 Å². The minimum Gasteiger partial charge on any atom is -0.350 e. The Morgan fingerprint density at radius 1 is 1.64 bits per heavy atom. The highest BCUT2D eigenvalue weighted by Gasteiger charge is 1.96. The molecule has 0 unspecified atom stereocenters. The van der Waals surface area contributed by atoms with Gasteiger partial charge in [0.1, 0.15) is 0 Å². The Morgan fingerprint density at radius 3 is 2.93 bits per heavy atom. The quantitative estimate of drug-likeness (QED) is 0.630. The Bertz CT molecular complexity index is 381. The van der Waals surface area contributed by atoms with Crippen LogP contribution in [-0.4, -0.2) is 12.2 Å². The van der Waals surface area contributed by atoms with E-state index in [-0.39, 0.29) is 0 Å². The first-order chi connectivity index (χ1) is 6.59. The number of nitrogens with zero attached hydrogens (tertiary/aromatic N) is 1. The number of hydrogen-bond donors (Lipinski definition) is 2. The molecule has 0 fully saturated rings. The van der Waals surface area contributed by atoms with Crippen molar-refractivity contribution in [3.8, 4) is 0 Å². The second-order valence-electron chi connectivity index (χ2n) is 2.41. The summed E-state index contributed by atoms with van der Waals surface area (Å²) >= 11 is 9.05. The van der Waals surface area contributed by atoms with Gasteiger partial charge in [0, 0.05) is 4.47 Å². The summed E-state index contributed by atoms with van der Waals surface area (Å²) in [7, 11) is 0. The first-order valence-electron chi connectivity index (χ1n) is 3.63. The Morgan fingerprint density at radius 2 is 2.36 bits per heavy atom. The maximum Gasteiger partial charge on any atom is 0.332 e. The number of rotatable bonds is 2. The molecule has 1 rings (SSSR count). The van der Waals surface area contributed by atoms with Crippen LogP contribution in [0.25, 0.3) is 0 Å². The maximum atomic E-state index is 10.3. The Kier molecular flexibility index (Phi) is 3.91. The Hall–Kier alpha value is -1.07. The van der Waals surface area contributed by atoms with Crippen LogP contribution in [0.15, 0.2) is 27.8 Å². The van der Waals surface area contributed by atoms with E-state index in [1.165, 1.54) is 6.21 Å². The number of urea groups is 1. The van der Waals surface area contributed by atoms with Gasteiger partial charge >= 0.3 is 6.03 Å². The molecular weight excluding hydrogens is 269 g/mol. The summed E-state index contributed by atoms with van der Waals surface area (Å²) in [6.07, 6.45) is 1.46. The third-order valence-corrected chi connectivity index (χ3v) is 2.55. The van der Waals surface area contributed by atoms with E-state index in [1.807, 2.05) is 0 Å². The molecule has 0 aliphatic carbocycles. The minimum absolute atomic E-state index is 0.616. The molecule has 0 aliphatic heterocycles. The molecule has 6 heteroatoms. The summed E-state index contributed by atoms with van der Waals surface area (Å²) in [5, 5.41) is 4.21. The molecule has 2 amide bonds. The van der Waals surface area contributed by atoms with Gasteiger partial charge in [-0.3, -0.25) is 0 Å². The third-order valence-electron chi connectivity index (χ3n) is 1.33. The van der Waals surface area contributed by atoms with Gasteiger partial charge in [-0.25, -0.2) is 10.2 Å². The van der Waals surface area contributed by atoms with E-state index in [0.29, 0.717) is 5.02 Å². The summed E-state index contributed by atoms with van der Waals surface area (Å²) < 4.78 is 0.766. The van der Waals surface area contributed by atoms with Crippen molar-refractivity contribution in [3.05, 3.63) is 33.3 Å². The molecule has 1 aromatic rings. The van der Waals surface area contributed by atoms with Crippen molar-refractivity contribution >= 4 is 39.8 Å². The smallest absolute Gasteiger partial charge is 0.332 e. The van der Waals surface area contributed by atoms with Crippen LogP contribution in [0.1, 0.15) is 5.56 Å². The van der Waals surface area contributed by atoms with Crippen LogP contribution in [0.2, 0.25) is 5.02 Å². The van der Waals surface area contributed by atoms with E-state index in [1.54, 1.807) is 18.2 Å². The van der Waals surface area contributed by atoms with Crippen molar-refractivity contribution in [1.82, 2.24) is 5.43 Å². The van der Waals surface area contributed by atoms with E-state index in [4.69, 9.17) is 17.3 Å². The lowest BCUT2D eigenvalue weighted by Crippen LogP contribution is -2.24. The number of nitrogens with one attached hydrogen (secondary N) is 1. The van der Waals surface area contributed by atoms with E-state index in [2.05, 4.69) is 26.5 Å². The fourth-order valence-electron chi connectivity index (χ4n) is 0.763. The lowest BCUT2D eigenvalue weighted by atomic mass is 10.2. The van der Waals surface area contributed by atoms with Crippen LogP contribution in [0.5, 0.6) is 0 Å². The fraction of sp³-hybridized carbons (Fsp3) is 0. The molecule has 0 aromatic heterocycles. The van der Waals surface area contributed by atoms with Crippen LogP contribution < -0.4 is 11.2 Å². The highest BCUT2D eigenvalue weighted by Crippen LogP contribution is 2.22. The Balaban J connectivity index is 2.73. The second-order valence-corrected chi connectivity index (χ2v) is 3.67. The molecule has 0 saturated carbocycles. The van der Waals surface area contributed by atoms with Gasteiger partial charge in [0.15, 0.2) is 0 Å². The monoisotopic (exact) mass is 275 g/mol. The molecule has 14 heavy (non-hydrogen) atoms. The lowest BCUT2D eigenvalue weighted by Gasteiger charge is -1.97. The molecule has 0 aliphatic rings. The van der Waals surface area contributed by atoms with Crippen molar-refractivity contribution in [1.29, 1.82) is 0 Å². The number of hydrazone groups is 1. The first kappa shape index (κ1) is 11.0. The highest BCUT2D eigenvalue weighted by molar-refractivity contribution is 9.10. The molecule has 0 bridgehead atoms. The van der Waals surface area contributed by atoms with Crippen LogP contribution in [-0.2, 0) is 0 Å². The normalized spacial score (nSPS) is 10.4. The topological polar surface area (TPSA) is 67.5 Å². The number of primary amides is 1. The molecule has 0 radical (unpaired) electrons. The zero-order valence-electron chi connectivity index (χ0n) is 7.00. The zero-order chi connectivity index (χ0) is 10.6. The van der Waals surface area contributed by atoms with Crippen LogP contribution >= 0.6 is 27.5 Å². The number of hydrogen-bond acceptors (Lipinski definition) is 2. The predicted octanol–water partition coefficient (Wildman–Crippen LogP) is 2.10. The molecule has 0 atom stereocenters. The number of amides is 2. The third kappa shape index (κ3) is 3.35. The number of halogens is 2. The van der Waals surface area contributed by atoms with Gasteiger partial charge in [0.25, 0.3) is 0 Å². The van der Waals surface area contributed by atoms with Gasteiger partial charge in [-0.15, -0.1) is 0 Å². The van der Waals surface area contributed by atoms with Gasteiger partial charge in [0.05, 0.1) is 11.2 Å². The molecule has 74 valence electrons. The fourth-order valence-corrected chi connectivity index (χ4v) is 1.28. The van der Waals surface area contributed by atoms with Crippen molar-refractivity contribution in [2.45, 2.75) is 0 Å². The van der Waals surface area contributed by atoms with Gasteiger partial charge in [-0.05, 0) is 33.6 Å². The lowest BCUT2D eigenvalue weighted by molar-refractivity contribution is 0.249. The predicted molar refractivity (Wildman–Crippen MR) is 59.5 cm³/mol. The molecule has 3 N–H and O–H groups in total. The highest BCUT2D eigenvalue weighted by atomic mass is 79.9. The van der Waals surface area contributed by atoms with Crippen molar-refractivity contribution in [2.75, 3.05) is 0 Å². The van der Waals surface area contributed by atoms with Gasteiger partial charge in [0.2, 0.25) is 0 Å². The van der Waals surface area contributed by atoms with Gasteiger partial charge in [-0.2, -0.15) is 5.10 Å². The molecule has 0 spiro atoms. The maximum absolute atomic E-state index is 10.3. The van der Waals surface area contributed by atoms with E-state index < -0.39 is 6.03 Å². The summed E-state index contributed by atoms with van der Waals surface area (Å²) in [5.74, 6) is 0. The van der Waals surface area contributed by atoms with Crippen molar-refractivity contribution in [3.63, 3.8) is 0 Å². The van der Waals surface area contributed by atoms with E-state index in [0.717, 1.165) is 10.0 Å². The number of carbonyl (C=O) groups is 1. The van der Waals surface area contributed by atoms with Crippen LogP contribution in [0, 0.1) is 0 Å². The number of nitrogens with two attached hydrogens (primary N) is 1. The van der Waals surface area contributed by atoms with Gasteiger partial charge < -0.3 is 5.73 Å². The first-order valence-corrected chi connectivity index (χ1v) is 4.80. The average molecular weight is 277 g/mol. The second kappa shape index (κ2) is 4.97. The van der Waals surface area contributed by atoms with E-state index >= 15 is 0 Å². The molecule has 4 nitrogen and oxygen atoms in total. The summed E-state index contributed by atoms with van der Waals surface area (Å²) in [5.41, 5.74) is 7.71. The molecule has 1 aromatic carbocycles. The summed E-state index contributed by atoms with van der Waals surface area (Å²) in [4.78, 5) is 10.3. The summed E-state index contributed by atoms with van der Waals surface area (Å²) in [6.45, 7) is 0. The standard InChI is InChI=1S/C8H7BrClN3O/c9-6-3-5(1-2-7(6)10)4-12-13-8(11)14/h1-4H,(H3,11,13,14). The van der Waals surface area contributed by atoms with Crippen molar-refractivity contribution in [2.24, 2.45) is 10.8 Å².